The van der Waals surface area contributed by atoms with Crippen molar-refractivity contribution in [3.05, 3.63) is 72.6 Å². The predicted molar refractivity (Wildman–Crippen MR) is 111 cm³/mol. The van der Waals surface area contributed by atoms with Crippen LogP contribution in [-0.4, -0.2) is 15.0 Å². The Bertz CT molecular complexity index is 1070. The molecule has 0 aliphatic rings. The Kier molecular flexibility index (Phi) is 4.79. The van der Waals surface area contributed by atoms with Crippen molar-refractivity contribution in [1.29, 1.82) is 0 Å². The van der Waals surface area contributed by atoms with Gasteiger partial charge in [0, 0.05) is 29.1 Å². The molecule has 0 unspecified atom stereocenters. The van der Waals surface area contributed by atoms with Gasteiger partial charge in [0.2, 0.25) is 5.95 Å². The number of pyridine rings is 1. The molecule has 0 bridgehead atoms. The molecule has 2 heterocycles. The van der Waals surface area contributed by atoms with E-state index in [1.807, 2.05) is 18.3 Å². The van der Waals surface area contributed by atoms with Crippen molar-refractivity contribution in [3.63, 3.8) is 0 Å². The fraction of sp³-hybridized carbons (Fsp3) is 0.174. The Morgan fingerprint density at radius 1 is 0.889 bits per heavy atom. The number of anilines is 1. The summed E-state index contributed by atoms with van der Waals surface area (Å²) in [6.07, 6.45) is 6.68. The lowest BCUT2D eigenvalue weighted by atomic mass is 9.94. The number of benzene rings is 2. The van der Waals surface area contributed by atoms with E-state index >= 15 is 0 Å². The van der Waals surface area contributed by atoms with E-state index < -0.39 is 0 Å². The zero-order valence-corrected chi connectivity index (χ0v) is 15.4. The standard InChI is InChI=1S/C23H22N4/c1-2-3-11-20-21(17-10-7-14-25-15-17)26-23(24)27-22(20)19-13-6-9-16-8-4-5-12-18(16)19/h4-10,12-15H,2-3,11H2,1H3,(H2,24,26,27). The zero-order chi connectivity index (χ0) is 18.6. The number of rotatable bonds is 5. The van der Waals surface area contributed by atoms with Crippen molar-refractivity contribution in [1.82, 2.24) is 15.0 Å². The van der Waals surface area contributed by atoms with Gasteiger partial charge in [-0.1, -0.05) is 55.8 Å². The van der Waals surface area contributed by atoms with Gasteiger partial charge in [0.15, 0.2) is 0 Å². The molecule has 0 saturated carbocycles. The summed E-state index contributed by atoms with van der Waals surface area (Å²) in [7, 11) is 0. The molecule has 0 atom stereocenters. The van der Waals surface area contributed by atoms with Crippen LogP contribution in [-0.2, 0) is 6.42 Å². The van der Waals surface area contributed by atoms with Crippen LogP contribution in [0.1, 0.15) is 25.3 Å². The maximum absolute atomic E-state index is 6.13. The van der Waals surface area contributed by atoms with Gasteiger partial charge in [-0.3, -0.25) is 4.98 Å². The summed E-state index contributed by atoms with van der Waals surface area (Å²) in [5.41, 5.74) is 11.1. The van der Waals surface area contributed by atoms with Gasteiger partial charge in [-0.2, -0.15) is 0 Å². The summed E-state index contributed by atoms with van der Waals surface area (Å²) < 4.78 is 0. The third-order valence-electron chi connectivity index (χ3n) is 4.78. The number of hydrogen-bond donors (Lipinski definition) is 1. The van der Waals surface area contributed by atoms with Crippen molar-refractivity contribution in [3.8, 4) is 22.5 Å². The molecule has 4 rings (SSSR count). The lowest BCUT2D eigenvalue weighted by Gasteiger charge is -2.16. The van der Waals surface area contributed by atoms with Gasteiger partial charge in [-0.05, 0) is 35.7 Å². The molecule has 134 valence electrons. The maximum atomic E-state index is 6.13. The molecule has 0 radical (unpaired) electrons. The largest absolute Gasteiger partial charge is 0.368 e. The van der Waals surface area contributed by atoms with Crippen LogP contribution < -0.4 is 5.73 Å². The number of hydrogen-bond acceptors (Lipinski definition) is 4. The van der Waals surface area contributed by atoms with Gasteiger partial charge in [0.1, 0.15) is 0 Å². The summed E-state index contributed by atoms with van der Waals surface area (Å²) in [6, 6.07) is 18.6. The number of fused-ring (bicyclic) bond motifs is 1. The second-order valence-electron chi connectivity index (χ2n) is 6.63. The van der Waals surface area contributed by atoms with E-state index in [0.717, 1.165) is 47.3 Å². The molecular weight excluding hydrogens is 332 g/mol. The number of unbranched alkanes of at least 4 members (excludes halogenated alkanes) is 1. The minimum absolute atomic E-state index is 0.289. The fourth-order valence-electron chi connectivity index (χ4n) is 3.49. The molecule has 4 nitrogen and oxygen atoms in total. The lowest BCUT2D eigenvalue weighted by molar-refractivity contribution is 0.791. The van der Waals surface area contributed by atoms with Gasteiger partial charge >= 0.3 is 0 Å². The van der Waals surface area contributed by atoms with E-state index in [4.69, 9.17) is 5.73 Å². The lowest BCUT2D eigenvalue weighted by Crippen LogP contribution is -2.05. The minimum atomic E-state index is 0.289. The smallest absolute Gasteiger partial charge is 0.221 e. The highest BCUT2D eigenvalue weighted by Crippen LogP contribution is 2.35. The van der Waals surface area contributed by atoms with Crippen LogP contribution in [0.3, 0.4) is 0 Å². The highest BCUT2D eigenvalue weighted by Gasteiger charge is 2.18. The van der Waals surface area contributed by atoms with Gasteiger partial charge in [0.25, 0.3) is 0 Å². The Morgan fingerprint density at radius 3 is 2.52 bits per heavy atom. The first-order valence-electron chi connectivity index (χ1n) is 9.33. The Hall–Kier alpha value is -3.27. The molecule has 0 spiro atoms. The van der Waals surface area contributed by atoms with E-state index in [1.54, 1.807) is 6.20 Å². The number of nitrogens with zero attached hydrogens (tertiary/aromatic N) is 3. The average Bonchev–Trinajstić information content (AvgIpc) is 2.72. The van der Waals surface area contributed by atoms with Crippen molar-refractivity contribution in [2.75, 3.05) is 5.73 Å². The molecule has 27 heavy (non-hydrogen) atoms. The van der Waals surface area contributed by atoms with Gasteiger partial charge in [-0.15, -0.1) is 0 Å². The highest BCUT2D eigenvalue weighted by atomic mass is 15.0. The topological polar surface area (TPSA) is 64.7 Å². The maximum Gasteiger partial charge on any atom is 0.221 e. The second-order valence-corrected chi connectivity index (χ2v) is 6.63. The number of nitrogen functional groups attached to an aromatic ring is 1. The monoisotopic (exact) mass is 354 g/mol. The minimum Gasteiger partial charge on any atom is -0.368 e. The molecule has 0 saturated heterocycles. The van der Waals surface area contributed by atoms with E-state index in [0.29, 0.717) is 0 Å². The zero-order valence-electron chi connectivity index (χ0n) is 15.4. The van der Waals surface area contributed by atoms with Crippen LogP contribution in [0.2, 0.25) is 0 Å². The van der Waals surface area contributed by atoms with Crippen LogP contribution in [0, 0.1) is 0 Å². The number of nitrogens with two attached hydrogens (primary N) is 1. The molecule has 4 aromatic rings. The quantitative estimate of drug-likeness (QED) is 0.529. The van der Waals surface area contributed by atoms with Crippen molar-refractivity contribution in [2.24, 2.45) is 0 Å². The van der Waals surface area contributed by atoms with Crippen LogP contribution in [0.4, 0.5) is 5.95 Å². The van der Waals surface area contributed by atoms with Crippen LogP contribution in [0.15, 0.2) is 67.0 Å². The summed E-state index contributed by atoms with van der Waals surface area (Å²) >= 11 is 0. The first kappa shape index (κ1) is 17.2. The first-order valence-corrected chi connectivity index (χ1v) is 9.33. The average molecular weight is 354 g/mol. The Balaban J connectivity index is 2.01. The van der Waals surface area contributed by atoms with E-state index in [-0.39, 0.29) is 5.95 Å². The summed E-state index contributed by atoms with van der Waals surface area (Å²) in [6.45, 7) is 2.19. The Morgan fingerprint density at radius 2 is 1.70 bits per heavy atom. The molecule has 0 aliphatic heterocycles. The SMILES string of the molecule is CCCCc1c(-c2cccnc2)nc(N)nc1-c1cccc2ccccc12. The molecule has 2 N–H and O–H groups in total. The van der Waals surface area contributed by atoms with Crippen LogP contribution in [0.25, 0.3) is 33.3 Å². The predicted octanol–water partition coefficient (Wildman–Crippen LogP) is 5.28. The molecule has 0 amide bonds. The molecular formula is C23H22N4. The van der Waals surface area contributed by atoms with E-state index in [1.165, 1.54) is 10.8 Å². The van der Waals surface area contributed by atoms with Crippen LogP contribution in [0.5, 0.6) is 0 Å². The van der Waals surface area contributed by atoms with Crippen molar-refractivity contribution >= 4 is 16.7 Å². The fourth-order valence-corrected chi connectivity index (χ4v) is 3.49. The van der Waals surface area contributed by atoms with Gasteiger partial charge in [0.05, 0.1) is 11.4 Å². The Labute approximate surface area is 159 Å². The summed E-state index contributed by atoms with van der Waals surface area (Å²) in [5.74, 6) is 0.289. The summed E-state index contributed by atoms with van der Waals surface area (Å²) in [4.78, 5) is 13.5. The van der Waals surface area contributed by atoms with Crippen molar-refractivity contribution in [2.45, 2.75) is 26.2 Å². The molecule has 0 aliphatic carbocycles. The van der Waals surface area contributed by atoms with Crippen LogP contribution >= 0.6 is 0 Å². The molecule has 2 aromatic heterocycles. The molecule has 4 heteroatoms. The number of aromatic nitrogens is 3. The first-order chi connectivity index (χ1) is 13.3. The summed E-state index contributed by atoms with van der Waals surface area (Å²) in [5, 5.41) is 2.37. The third kappa shape index (κ3) is 3.38. The van der Waals surface area contributed by atoms with Crippen molar-refractivity contribution < 1.29 is 0 Å². The van der Waals surface area contributed by atoms with Gasteiger partial charge < -0.3 is 5.73 Å². The molecule has 0 fully saturated rings. The van der Waals surface area contributed by atoms with E-state index in [2.05, 4.69) is 64.3 Å². The van der Waals surface area contributed by atoms with E-state index in [9.17, 15) is 0 Å². The third-order valence-corrected chi connectivity index (χ3v) is 4.78. The van der Waals surface area contributed by atoms with Gasteiger partial charge in [-0.25, -0.2) is 9.97 Å². The molecule has 2 aromatic carbocycles. The second kappa shape index (κ2) is 7.54. The highest BCUT2D eigenvalue weighted by molar-refractivity contribution is 5.97. The normalized spacial score (nSPS) is 11.0.